The first-order valence-corrected chi connectivity index (χ1v) is 10.4. The number of thioether (sulfide) groups is 1. The zero-order chi connectivity index (χ0) is 21.1. The number of carbonyl (C=O) groups is 2. The molecule has 0 aliphatic carbocycles. The summed E-state index contributed by atoms with van der Waals surface area (Å²) < 4.78 is 11.1. The zero-order valence-corrected chi connectivity index (χ0v) is 17.7. The Hall–Kier alpha value is -3.16. The number of hydrogen-bond acceptors (Lipinski definition) is 6. The maximum absolute atomic E-state index is 12.8. The summed E-state index contributed by atoms with van der Waals surface area (Å²) in [5.74, 6) is 0.674. The van der Waals surface area contributed by atoms with Crippen molar-refractivity contribution in [3.8, 4) is 11.3 Å². The number of nitrogens with zero attached hydrogens (tertiary/aromatic N) is 1. The van der Waals surface area contributed by atoms with Crippen molar-refractivity contribution >= 4 is 46.3 Å². The maximum atomic E-state index is 12.8. The highest BCUT2D eigenvalue weighted by molar-refractivity contribution is 8.26. The van der Waals surface area contributed by atoms with Crippen LogP contribution in [0.3, 0.4) is 0 Å². The average Bonchev–Trinajstić information content (AvgIpc) is 3.34. The monoisotopic (exact) mass is 435 g/mol. The highest BCUT2D eigenvalue weighted by atomic mass is 32.2. The van der Waals surface area contributed by atoms with Gasteiger partial charge in [0.25, 0.3) is 5.91 Å². The summed E-state index contributed by atoms with van der Waals surface area (Å²) in [6.07, 6.45) is 1.70. The number of hydrogen-bond donors (Lipinski definition) is 0. The number of amides is 1. The van der Waals surface area contributed by atoms with Crippen LogP contribution in [0.25, 0.3) is 17.4 Å². The summed E-state index contributed by atoms with van der Waals surface area (Å²) in [4.78, 5) is 26.5. The van der Waals surface area contributed by atoms with Crippen LogP contribution in [0.4, 0.5) is 0 Å². The number of rotatable bonds is 5. The fraction of sp³-hybridized carbons (Fsp3) is 0.0870. The van der Waals surface area contributed by atoms with Gasteiger partial charge in [0.05, 0.1) is 24.1 Å². The van der Waals surface area contributed by atoms with Crippen LogP contribution >= 0.6 is 24.0 Å². The Morgan fingerprint density at radius 3 is 2.53 bits per heavy atom. The van der Waals surface area contributed by atoms with E-state index in [-0.39, 0.29) is 11.9 Å². The van der Waals surface area contributed by atoms with Crippen molar-refractivity contribution < 1.29 is 18.7 Å². The van der Waals surface area contributed by atoms with Crippen molar-refractivity contribution in [1.82, 2.24) is 4.90 Å². The number of carbonyl (C=O) groups excluding carboxylic acids is 2. The topological polar surface area (TPSA) is 59.8 Å². The highest BCUT2D eigenvalue weighted by Crippen LogP contribution is 2.34. The van der Waals surface area contributed by atoms with E-state index in [1.807, 2.05) is 36.4 Å². The van der Waals surface area contributed by atoms with E-state index in [0.29, 0.717) is 32.9 Å². The quantitative estimate of drug-likeness (QED) is 0.314. The molecule has 0 saturated carbocycles. The smallest absolute Gasteiger partial charge is 0.337 e. The van der Waals surface area contributed by atoms with Gasteiger partial charge in [0.2, 0.25) is 0 Å². The second-order valence-corrected chi connectivity index (χ2v) is 8.20. The van der Waals surface area contributed by atoms with Crippen molar-refractivity contribution in [2.75, 3.05) is 7.11 Å². The van der Waals surface area contributed by atoms with Gasteiger partial charge in [-0.3, -0.25) is 9.69 Å². The summed E-state index contributed by atoms with van der Waals surface area (Å²) >= 11 is 6.66. The van der Waals surface area contributed by atoms with E-state index in [2.05, 4.69) is 0 Å². The molecular formula is C23H17NO4S2. The van der Waals surface area contributed by atoms with Crippen molar-refractivity contribution in [3.05, 3.63) is 88.5 Å². The lowest BCUT2D eigenvalue weighted by atomic mass is 10.1. The molecule has 2 aromatic carbocycles. The number of benzene rings is 2. The minimum Gasteiger partial charge on any atom is -0.465 e. The van der Waals surface area contributed by atoms with Crippen LogP contribution in [0.15, 0.2) is 76.1 Å². The molecule has 4 rings (SSSR count). The van der Waals surface area contributed by atoms with Crippen molar-refractivity contribution in [2.24, 2.45) is 0 Å². The molecule has 3 aromatic rings. The Labute approximate surface area is 183 Å². The van der Waals surface area contributed by atoms with Crippen LogP contribution in [0.2, 0.25) is 0 Å². The van der Waals surface area contributed by atoms with Crippen molar-refractivity contribution in [3.63, 3.8) is 0 Å². The van der Waals surface area contributed by atoms with E-state index < -0.39 is 0 Å². The maximum Gasteiger partial charge on any atom is 0.337 e. The van der Waals surface area contributed by atoms with E-state index in [4.69, 9.17) is 21.4 Å². The summed E-state index contributed by atoms with van der Waals surface area (Å²) in [6.45, 7) is 0.443. The Morgan fingerprint density at radius 1 is 1.10 bits per heavy atom. The van der Waals surface area contributed by atoms with Crippen LogP contribution in [-0.4, -0.2) is 28.2 Å². The zero-order valence-electron chi connectivity index (χ0n) is 16.0. The normalized spacial score (nSPS) is 15.1. The minimum atomic E-state index is -0.390. The van der Waals surface area contributed by atoms with E-state index >= 15 is 0 Å². The predicted octanol–water partition coefficient (Wildman–Crippen LogP) is 5.13. The fourth-order valence-electron chi connectivity index (χ4n) is 3.01. The predicted molar refractivity (Wildman–Crippen MR) is 121 cm³/mol. The molecule has 2 heterocycles. The second kappa shape index (κ2) is 8.69. The molecule has 0 bridgehead atoms. The standard InChI is InChI=1S/C23H17NO4S2/c1-27-22(26)17-9-7-16(8-10-17)19-12-11-18(28-19)13-20-21(25)24(23(29)30-20)14-15-5-3-2-4-6-15/h2-13H,14H2,1H3/b20-13-. The largest absolute Gasteiger partial charge is 0.465 e. The van der Waals surface area contributed by atoms with Crippen LogP contribution in [0.1, 0.15) is 21.7 Å². The van der Waals surface area contributed by atoms with Crippen LogP contribution < -0.4 is 0 Å². The molecule has 5 nitrogen and oxygen atoms in total. The lowest BCUT2D eigenvalue weighted by molar-refractivity contribution is -0.122. The lowest BCUT2D eigenvalue weighted by Crippen LogP contribution is -2.27. The molecule has 1 saturated heterocycles. The van der Waals surface area contributed by atoms with Gasteiger partial charge in [-0.1, -0.05) is 66.4 Å². The first kappa shape index (κ1) is 20.1. The number of methoxy groups -OCH3 is 1. The van der Waals surface area contributed by atoms with E-state index in [9.17, 15) is 9.59 Å². The molecule has 1 fully saturated rings. The van der Waals surface area contributed by atoms with Crippen LogP contribution in [0.5, 0.6) is 0 Å². The van der Waals surface area contributed by atoms with Gasteiger partial charge < -0.3 is 9.15 Å². The number of thiocarbonyl (C=S) groups is 1. The van der Waals surface area contributed by atoms with Gasteiger partial charge in [0, 0.05) is 11.6 Å². The number of esters is 1. The lowest BCUT2D eigenvalue weighted by Gasteiger charge is -2.14. The van der Waals surface area contributed by atoms with Crippen LogP contribution in [0, 0.1) is 0 Å². The van der Waals surface area contributed by atoms with Gasteiger partial charge in [-0.25, -0.2) is 4.79 Å². The van der Waals surface area contributed by atoms with Gasteiger partial charge >= 0.3 is 5.97 Å². The first-order valence-electron chi connectivity index (χ1n) is 9.13. The Balaban J connectivity index is 1.50. The molecule has 1 amide bonds. The van der Waals surface area contributed by atoms with E-state index in [0.717, 1.165) is 11.1 Å². The SMILES string of the molecule is COC(=O)c1ccc(-c2ccc(/C=C3\SC(=S)N(Cc4ccccc4)C3=O)o2)cc1. The molecule has 0 spiro atoms. The molecule has 150 valence electrons. The van der Waals surface area contributed by atoms with Gasteiger partial charge in [-0.15, -0.1) is 0 Å². The third kappa shape index (κ3) is 4.22. The Bertz CT molecular complexity index is 1130. The third-order valence-electron chi connectivity index (χ3n) is 4.55. The minimum absolute atomic E-state index is 0.130. The first-order chi connectivity index (χ1) is 14.5. The van der Waals surface area contributed by atoms with Crippen molar-refractivity contribution in [2.45, 2.75) is 6.54 Å². The number of ether oxygens (including phenoxy) is 1. The van der Waals surface area contributed by atoms with Crippen LogP contribution in [-0.2, 0) is 16.1 Å². The molecule has 0 radical (unpaired) electrons. The summed E-state index contributed by atoms with van der Waals surface area (Å²) in [5.41, 5.74) is 2.31. The fourth-order valence-corrected chi connectivity index (χ4v) is 4.24. The molecule has 7 heteroatoms. The van der Waals surface area contributed by atoms with Crippen molar-refractivity contribution in [1.29, 1.82) is 0 Å². The van der Waals surface area contributed by atoms with Gasteiger partial charge in [-0.05, 0) is 29.8 Å². The third-order valence-corrected chi connectivity index (χ3v) is 5.93. The van der Waals surface area contributed by atoms with E-state index in [1.54, 1.807) is 41.3 Å². The molecular weight excluding hydrogens is 418 g/mol. The van der Waals surface area contributed by atoms with Gasteiger partial charge in [-0.2, -0.15) is 0 Å². The Morgan fingerprint density at radius 2 is 1.83 bits per heavy atom. The molecule has 30 heavy (non-hydrogen) atoms. The highest BCUT2D eigenvalue weighted by Gasteiger charge is 2.32. The molecule has 1 aliphatic rings. The van der Waals surface area contributed by atoms with E-state index in [1.165, 1.54) is 18.9 Å². The number of furan rings is 1. The molecule has 0 unspecified atom stereocenters. The second-order valence-electron chi connectivity index (χ2n) is 6.52. The molecule has 1 aromatic heterocycles. The van der Waals surface area contributed by atoms with Gasteiger partial charge in [0.15, 0.2) is 0 Å². The molecule has 0 atom stereocenters. The summed E-state index contributed by atoms with van der Waals surface area (Å²) in [5, 5.41) is 0. The summed E-state index contributed by atoms with van der Waals surface area (Å²) in [6, 6.07) is 20.3. The molecule has 1 aliphatic heterocycles. The summed E-state index contributed by atoms with van der Waals surface area (Å²) in [7, 11) is 1.34. The van der Waals surface area contributed by atoms with Gasteiger partial charge in [0.1, 0.15) is 15.8 Å². The average molecular weight is 436 g/mol. The molecule has 0 N–H and O–H groups in total. The Kier molecular flexibility index (Phi) is 5.83.